The first-order valence-corrected chi connectivity index (χ1v) is 8.30. The largest absolute Gasteiger partial charge is 0.465 e. The topological polar surface area (TPSA) is 49.8 Å². The smallest absolute Gasteiger partial charge is 0.320 e. The van der Waals surface area contributed by atoms with Crippen LogP contribution in [-0.4, -0.2) is 47.8 Å². The van der Waals surface area contributed by atoms with Gasteiger partial charge in [0.15, 0.2) is 0 Å². The van der Waals surface area contributed by atoms with Crippen molar-refractivity contribution in [1.29, 1.82) is 0 Å². The molecule has 1 saturated heterocycles. The van der Waals surface area contributed by atoms with Crippen molar-refractivity contribution in [2.24, 2.45) is 5.92 Å². The number of carbonyl (C=O) groups excluding carboxylic acids is 1. The molecule has 0 aromatic rings. The van der Waals surface area contributed by atoms with Gasteiger partial charge in [-0.15, -0.1) is 0 Å². The maximum atomic E-state index is 11.9. The highest BCUT2D eigenvalue weighted by molar-refractivity contribution is 5.71. The van der Waals surface area contributed by atoms with Crippen molar-refractivity contribution in [2.75, 3.05) is 19.7 Å². The fourth-order valence-electron chi connectivity index (χ4n) is 3.66. The number of rotatable bonds is 6. The van der Waals surface area contributed by atoms with E-state index in [-0.39, 0.29) is 12.1 Å². The molecule has 2 fully saturated rings. The molecule has 2 rings (SSSR count). The van der Waals surface area contributed by atoms with Crippen molar-refractivity contribution in [3.63, 3.8) is 0 Å². The summed E-state index contributed by atoms with van der Waals surface area (Å²) >= 11 is 0. The molecule has 0 radical (unpaired) electrons. The number of hydrogen-bond acceptors (Lipinski definition) is 4. The second-order valence-corrected chi connectivity index (χ2v) is 6.27. The van der Waals surface area contributed by atoms with Gasteiger partial charge in [0.05, 0.1) is 19.3 Å². The molecule has 4 heteroatoms. The second-order valence-electron chi connectivity index (χ2n) is 6.27. The number of piperidine rings is 1. The molecule has 4 nitrogen and oxygen atoms in total. The molecule has 2 aliphatic rings. The average Bonchev–Trinajstić information content (AvgIpc) is 2.86. The molecule has 3 unspecified atom stereocenters. The quantitative estimate of drug-likeness (QED) is 0.600. The standard InChI is InChI=1S/C16H29NO3/c1-2-3-11-20-16(19)12-17-10-5-4-8-14(17)13-7-6-9-15(13)18/h13-15,18H,2-12H2,1H3. The molecule has 20 heavy (non-hydrogen) atoms. The first-order chi connectivity index (χ1) is 9.72. The van der Waals surface area contributed by atoms with Crippen molar-refractivity contribution in [2.45, 2.75) is 70.4 Å². The van der Waals surface area contributed by atoms with Crippen molar-refractivity contribution < 1.29 is 14.6 Å². The lowest BCUT2D eigenvalue weighted by molar-refractivity contribution is -0.146. The summed E-state index contributed by atoms with van der Waals surface area (Å²) in [6.07, 6.45) is 8.46. The van der Waals surface area contributed by atoms with E-state index in [0.29, 0.717) is 25.1 Å². The third-order valence-corrected chi connectivity index (χ3v) is 4.78. The molecular formula is C16H29NO3. The van der Waals surface area contributed by atoms with Crippen LogP contribution in [0, 0.1) is 5.92 Å². The zero-order chi connectivity index (χ0) is 14.4. The molecule has 1 N–H and O–H groups in total. The Morgan fingerprint density at radius 2 is 2.10 bits per heavy atom. The minimum Gasteiger partial charge on any atom is -0.465 e. The van der Waals surface area contributed by atoms with E-state index < -0.39 is 0 Å². The van der Waals surface area contributed by atoms with Gasteiger partial charge >= 0.3 is 5.97 Å². The van der Waals surface area contributed by atoms with Crippen molar-refractivity contribution >= 4 is 5.97 Å². The Bertz CT molecular complexity index is 308. The molecule has 3 atom stereocenters. The normalized spacial score (nSPS) is 31.4. The summed E-state index contributed by atoms with van der Waals surface area (Å²) < 4.78 is 5.28. The van der Waals surface area contributed by atoms with Crippen molar-refractivity contribution in [3.8, 4) is 0 Å². The highest BCUT2D eigenvalue weighted by Gasteiger charge is 2.37. The molecule has 1 heterocycles. The molecule has 0 aromatic heterocycles. The number of ether oxygens (including phenoxy) is 1. The highest BCUT2D eigenvalue weighted by Crippen LogP contribution is 2.35. The van der Waals surface area contributed by atoms with Crippen LogP contribution in [0.15, 0.2) is 0 Å². The van der Waals surface area contributed by atoms with Gasteiger partial charge < -0.3 is 9.84 Å². The van der Waals surface area contributed by atoms with Crippen LogP contribution in [0.3, 0.4) is 0 Å². The number of carbonyl (C=O) groups is 1. The first kappa shape index (κ1) is 15.8. The number of esters is 1. The Kier molecular flexibility index (Phi) is 6.30. The van der Waals surface area contributed by atoms with E-state index in [1.807, 2.05) is 0 Å². The Morgan fingerprint density at radius 3 is 2.80 bits per heavy atom. The molecule has 1 saturated carbocycles. The summed E-state index contributed by atoms with van der Waals surface area (Å²) in [5.74, 6) is 0.261. The van der Waals surface area contributed by atoms with E-state index in [4.69, 9.17) is 4.74 Å². The van der Waals surface area contributed by atoms with Crippen LogP contribution in [0.4, 0.5) is 0 Å². The Hall–Kier alpha value is -0.610. The van der Waals surface area contributed by atoms with Crippen LogP contribution in [-0.2, 0) is 9.53 Å². The number of likely N-dealkylation sites (tertiary alicyclic amines) is 1. The maximum absolute atomic E-state index is 11.9. The van der Waals surface area contributed by atoms with E-state index in [9.17, 15) is 9.90 Å². The molecule has 0 bridgehead atoms. The van der Waals surface area contributed by atoms with Gasteiger partial charge in [-0.1, -0.05) is 26.2 Å². The van der Waals surface area contributed by atoms with Crippen molar-refractivity contribution in [3.05, 3.63) is 0 Å². The molecule has 1 aliphatic carbocycles. The monoisotopic (exact) mass is 283 g/mol. The van der Waals surface area contributed by atoms with Gasteiger partial charge in [-0.25, -0.2) is 0 Å². The van der Waals surface area contributed by atoms with E-state index in [1.54, 1.807) is 0 Å². The Labute approximate surface area is 122 Å². The van der Waals surface area contributed by atoms with E-state index >= 15 is 0 Å². The van der Waals surface area contributed by atoms with Gasteiger partial charge in [0.1, 0.15) is 0 Å². The number of unbranched alkanes of at least 4 members (excludes halogenated alkanes) is 1. The second kappa shape index (κ2) is 7.99. The summed E-state index contributed by atoms with van der Waals surface area (Å²) in [5, 5.41) is 10.1. The van der Waals surface area contributed by atoms with Crippen LogP contribution in [0.25, 0.3) is 0 Å². The van der Waals surface area contributed by atoms with Crippen molar-refractivity contribution in [1.82, 2.24) is 4.90 Å². The molecule has 0 amide bonds. The van der Waals surface area contributed by atoms with Gasteiger partial charge in [0.2, 0.25) is 0 Å². The molecule has 1 aliphatic heterocycles. The van der Waals surface area contributed by atoms with Crippen LogP contribution in [0.2, 0.25) is 0 Å². The Morgan fingerprint density at radius 1 is 1.25 bits per heavy atom. The number of nitrogens with zero attached hydrogens (tertiary/aromatic N) is 1. The molecule has 0 spiro atoms. The van der Waals surface area contributed by atoms with E-state index in [0.717, 1.165) is 51.5 Å². The zero-order valence-electron chi connectivity index (χ0n) is 12.7. The van der Waals surface area contributed by atoms with Gasteiger partial charge in [-0.3, -0.25) is 9.69 Å². The van der Waals surface area contributed by atoms with Crippen LogP contribution in [0.5, 0.6) is 0 Å². The molecule has 116 valence electrons. The fraction of sp³-hybridized carbons (Fsp3) is 0.938. The highest BCUT2D eigenvalue weighted by atomic mass is 16.5. The summed E-state index contributed by atoms with van der Waals surface area (Å²) in [6.45, 7) is 4.00. The minimum absolute atomic E-state index is 0.0992. The van der Waals surface area contributed by atoms with Crippen LogP contribution >= 0.6 is 0 Å². The summed E-state index contributed by atoms with van der Waals surface area (Å²) in [6, 6.07) is 0.375. The number of aliphatic hydroxyl groups is 1. The van der Waals surface area contributed by atoms with Crippen LogP contribution in [0.1, 0.15) is 58.3 Å². The first-order valence-electron chi connectivity index (χ1n) is 8.30. The average molecular weight is 283 g/mol. The third kappa shape index (κ3) is 4.19. The lowest BCUT2D eigenvalue weighted by Crippen LogP contribution is -2.48. The van der Waals surface area contributed by atoms with Gasteiger partial charge in [-0.05, 0) is 38.6 Å². The maximum Gasteiger partial charge on any atom is 0.320 e. The number of hydrogen-bond donors (Lipinski definition) is 1. The van der Waals surface area contributed by atoms with Gasteiger partial charge in [0.25, 0.3) is 0 Å². The van der Waals surface area contributed by atoms with E-state index in [1.165, 1.54) is 6.42 Å². The predicted octanol–water partition coefficient (Wildman–Crippen LogP) is 2.35. The molecule has 0 aromatic carbocycles. The predicted molar refractivity (Wildman–Crippen MR) is 78.4 cm³/mol. The zero-order valence-corrected chi connectivity index (χ0v) is 12.7. The lowest BCUT2D eigenvalue weighted by atomic mass is 9.88. The fourth-order valence-corrected chi connectivity index (χ4v) is 3.66. The third-order valence-electron chi connectivity index (χ3n) is 4.78. The van der Waals surface area contributed by atoms with Gasteiger partial charge in [-0.2, -0.15) is 0 Å². The molecular weight excluding hydrogens is 254 g/mol. The number of aliphatic hydroxyl groups excluding tert-OH is 1. The Balaban J connectivity index is 1.85. The lowest BCUT2D eigenvalue weighted by Gasteiger charge is -2.39. The van der Waals surface area contributed by atoms with Crippen LogP contribution < -0.4 is 0 Å². The summed E-state index contributed by atoms with van der Waals surface area (Å²) in [7, 11) is 0. The van der Waals surface area contributed by atoms with E-state index in [2.05, 4.69) is 11.8 Å². The minimum atomic E-state index is -0.170. The van der Waals surface area contributed by atoms with Gasteiger partial charge in [0, 0.05) is 12.0 Å². The summed E-state index contributed by atoms with van der Waals surface area (Å²) in [4.78, 5) is 14.2. The summed E-state index contributed by atoms with van der Waals surface area (Å²) in [5.41, 5.74) is 0. The SMILES string of the molecule is CCCCOC(=O)CN1CCCCC1C1CCCC1O.